The number of hydrogen-bond acceptors (Lipinski definition) is 4. The summed E-state index contributed by atoms with van der Waals surface area (Å²) >= 11 is 0. The van der Waals surface area contributed by atoms with Crippen LogP contribution in [-0.4, -0.2) is 25.2 Å². The van der Waals surface area contributed by atoms with Crippen LogP contribution in [0, 0.1) is 0 Å². The number of hydrogen-bond donors (Lipinski definition) is 1. The third-order valence-corrected chi connectivity index (χ3v) is 3.11. The Morgan fingerprint density at radius 1 is 1.29 bits per heavy atom. The molecule has 0 aliphatic heterocycles. The summed E-state index contributed by atoms with van der Waals surface area (Å²) < 4.78 is 3.57. The third-order valence-electron chi connectivity index (χ3n) is 3.11. The Bertz CT molecular complexity index is 654. The second kappa shape index (κ2) is 6.34. The maximum Gasteiger partial charge on any atom is 0.240 e. The molecule has 1 amide bonds. The van der Waals surface area contributed by atoms with Crippen molar-refractivity contribution in [2.24, 2.45) is 0 Å². The highest BCUT2D eigenvalue weighted by molar-refractivity contribution is 5.76. The lowest BCUT2D eigenvalue weighted by molar-refractivity contribution is -0.122. The first-order valence-electron chi connectivity index (χ1n) is 6.82. The maximum atomic E-state index is 12.0. The van der Waals surface area contributed by atoms with E-state index in [0.717, 1.165) is 5.82 Å². The average Bonchev–Trinajstić information content (AvgIpc) is 2.91. The molecule has 0 fully saturated rings. The predicted molar refractivity (Wildman–Crippen MR) is 77.7 cm³/mol. The largest absolute Gasteiger partial charge is 0.345 e. The van der Waals surface area contributed by atoms with E-state index in [4.69, 9.17) is 0 Å². The van der Waals surface area contributed by atoms with Crippen LogP contribution in [0.25, 0.3) is 0 Å². The van der Waals surface area contributed by atoms with Gasteiger partial charge in [0.15, 0.2) is 11.3 Å². The van der Waals surface area contributed by atoms with Gasteiger partial charge in [-0.1, -0.05) is 0 Å². The highest BCUT2D eigenvalue weighted by Crippen LogP contribution is 2.13. The van der Waals surface area contributed by atoms with Crippen LogP contribution in [-0.2, 0) is 11.3 Å². The number of rotatable bonds is 5. The lowest BCUT2D eigenvalue weighted by Crippen LogP contribution is -2.31. The van der Waals surface area contributed by atoms with Crippen LogP contribution in [0.2, 0.25) is 0 Å². The normalized spacial score (nSPS) is 12.4. The van der Waals surface area contributed by atoms with Gasteiger partial charge < -0.3 is 14.5 Å². The highest BCUT2D eigenvalue weighted by atomic mass is 16.2. The van der Waals surface area contributed by atoms with E-state index < -0.39 is 0 Å². The van der Waals surface area contributed by atoms with E-state index in [9.17, 15) is 9.59 Å². The summed E-state index contributed by atoms with van der Waals surface area (Å²) in [5.74, 6) is 0.572. The van der Waals surface area contributed by atoms with Crippen LogP contribution in [0.1, 0.15) is 38.7 Å². The van der Waals surface area contributed by atoms with Crippen molar-refractivity contribution in [2.75, 3.05) is 0 Å². The van der Waals surface area contributed by atoms with E-state index in [1.807, 2.05) is 25.3 Å². The molecule has 2 aromatic rings. The Hall–Kier alpha value is -2.44. The van der Waals surface area contributed by atoms with Crippen molar-refractivity contribution in [1.29, 1.82) is 0 Å². The molecule has 0 spiro atoms. The molecule has 2 aromatic heterocycles. The molecule has 7 heteroatoms. The molecule has 21 heavy (non-hydrogen) atoms. The number of pyridine rings is 1. The summed E-state index contributed by atoms with van der Waals surface area (Å²) in [5.41, 5.74) is -0.0786. The fourth-order valence-electron chi connectivity index (χ4n) is 2.03. The highest BCUT2D eigenvalue weighted by Gasteiger charge is 2.16. The topological polar surface area (TPSA) is 81.8 Å². The van der Waals surface area contributed by atoms with Crippen LogP contribution in [0.3, 0.4) is 0 Å². The molecule has 0 unspecified atom stereocenters. The Labute approximate surface area is 122 Å². The van der Waals surface area contributed by atoms with Gasteiger partial charge in [-0.25, -0.2) is 0 Å². The molecule has 0 saturated heterocycles. The van der Waals surface area contributed by atoms with Crippen molar-refractivity contribution < 1.29 is 4.79 Å². The monoisotopic (exact) mass is 289 g/mol. The van der Waals surface area contributed by atoms with E-state index in [1.54, 1.807) is 23.3 Å². The number of carbonyl (C=O) groups is 1. The van der Waals surface area contributed by atoms with E-state index in [2.05, 4.69) is 15.5 Å². The molecule has 0 aromatic carbocycles. The standard InChI is InChI=1S/C14H19N5O2/c1-10(2)19-9-15-17-14(19)11(3)16-13(21)8-18-6-4-12(20)5-7-18/h4-7,9-11H,8H2,1-3H3,(H,16,21)/t11-/m0/s1. The maximum absolute atomic E-state index is 12.0. The molecule has 2 rings (SSSR count). The summed E-state index contributed by atoms with van der Waals surface area (Å²) in [6.07, 6.45) is 4.83. The minimum absolute atomic E-state index is 0.0786. The van der Waals surface area contributed by atoms with Crippen molar-refractivity contribution in [2.45, 2.75) is 39.4 Å². The molecule has 112 valence electrons. The van der Waals surface area contributed by atoms with Crippen molar-refractivity contribution in [3.63, 3.8) is 0 Å². The van der Waals surface area contributed by atoms with Gasteiger partial charge in [-0.2, -0.15) is 0 Å². The van der Waals surface area contributed by atoms with Gasteiger partial charge in [-0.3, -0.25) is 9.59 Å². The van der Waals surface area contributed by atoms with Crippen LogP contribution < -0.4 is 10.7 Å². The van der Waals surface area contributed by atoms with Crippen LogP contribution in [0.4, 0.5) is 0 Å². The molecule has 2 heterocycles. The minimum atomic E-state index is -0.234. The Kier molecular flexibility index (Phi) is 4.52. The van der Waals surface area contributed by atoms with Gasteiger partial charge in [0.05, 0.1) is 6.04 Å². The first kappa shape index (κ1) is 15.0. The second-order valence-electron chi connectivity index (χ2n) is 5.19. The van der Waals surface area contributed by atoms with Crippen molar-refractivity contribution in [3.05, 3.63) is 46.9 Å². The zero-order valence-corrected chi connectivity index (χ0v) is 12.4. The quantitative estimate of drug-likeness (QED) is 0.886. The number of nitrogens with one attached hydrogen (secondary N) is 1. The van der Waals surface area contributed by atoms with E-state index in [1.165, 1.54) is 12.1 Å². The molecule has 7 nitrogen and oxygen atoms in total. The van der Waals surface area contributed by atoms with Gasteiger partial charge in [0.1, 0.15) is 12.9 Å². The number of carbonyl (C=O) groups excluding carboxylic acids is 1. The molecule has 0 radical (unpaired) electrons. The van der Waals surface area contributed by atoms with E-state index in [0.29, 0.717) is 0 Å². The van der Waals surface area contributed by atoms with Gasteiger partial charge in [-0.05, 0) is 20.8 Å². The average molecular weight is 289 g/mol. The van der Waals surface area contributed by atoms with Crippen molar-refractivity contribution in [3.8, 4) is 0 Å². The predicted octanol–water partition coefficient (Wildman–Crippen LogP) is 0.898. The molecule has 0 aliphatic carbocycles. The Morgan fingerprint density at radius 3 is 2.57 bits per heavy atom. The molecule has 0 bridgehead atoms. The number of nitrogens with zero attached hydrogens (tertiary/aromatic N) is 4. The molecule has 1 atom stereocenters. The first-order valence-corrected chi connectivity index (χ1v) is 6.82. The molecule has 0 aliphatic rings. The molecule has 0 saturated carbocycles. The second-order valence-corrected chi connectivity index (χ2v) is 5.19. The van der Waals surface area contributed by atoms with E-state index >= 15 is 0 Å². The van der Waals surface area contributed by atoms with Crippen molar-refractivity contribution in [1.82, 2.24) is 24.6 Å². The summed E-state index contributed by atoms with van der Waals surface area (Å²) in [7, 11) is 0. The molecular formula is C14H19N5O2. The minimum Gasteiger partial charge on any atom is -0.345 e. The van der Waals surface area contributed by atoms with Gasteiger partial charge in [0.25, 0.3) is 0 Å². The summed E-state index contributed by atoms with van der Waals surface area (Å²) in [6, 6.07) is 2.84. The molecule has 1 N–H and O–H groups in total. The van der Waals surface area contributed by atoms with Crippen LogP contribution >= 0.6 is 0 Å². The zero-order valence-electron chi connectivity index (χ0n) is 12.4. The van der Waals surface area contributed by atoms with Gasteiger partial charge >= 0.3 is 0 Å². The number of aromatic nitrogens is 4. The van der Waals surface area contributed by atoms with Crippen molar-refractivity contribution >= 4 is 5.91 Å². The number of amides is 1. The smallest absolute Gasteiger partial charge is 0.240 e. The first-order chi connectivity index (χ1) is 9.97. The van der Waals surface area contributed by atoms with Crippen LogP contribution in [0.5, 0.6) is 0 Å². The summed E-state index contributed by atoms with van der Waals surface area (Å²) in [4.78, 5) is 23.0. The lowest BCUT2D eigenvalue weighted by atomic mass is 10.2. The van der Waals surface area contributed by atoms with Crippen LogP contribution in [0.15, 0.2) is 35.6 Å². The zero-order chi connectivity index (χ0) is 15.4. The SMILES string of the molecule is CC(C)n1cnnc1[C@H](C)NC(=O)Cn1ccc(=O)cc1. The Morgan fingerprint density at radius 2 is 1.95 bits per heavy atom. The molecular weight excluding hydrogens is 270 g/mol. The lowest BCUT2D eigenvalue weighted by Gasteiger charge is -2.17. The van der Waals surface area contributed by atoms with Gasteiger partial charge in [0, 0.05) is 30.6 Å². The van der Waals surface area contributed by atoms with Gasteiger partial charge in [-0.15, -0.1) is 10.2 Å². The van der Waals surface area contributed by atoms with Gasteiger partial charge in [0.2, 0.25) is 5.91 Å². The Balaban J connectivity index is 2.00. The summed E-state index contributed by atoms with van der Waals surface area (Å²) in [5, 5.41) is 10.8. The summed E-state index contributed by atoms with van der Waals surface area (Å²) in [6.45, 7) is 6.08. The third kappa shape index (κ3) is 3.77. The van der Waals surface area contributed by atoms with E-state index in [-0.39, 0.29) is 30.0 Å². The fourth-order valence-corrected chi connectivity index (χ4v) is 2.03. The fraction of sp³-hybridized carbons (Fsp3) is 0.429.